The van der Waals surface area contributed by atoms with Crippen molar-refractivity contribution < 1.29 is 0 Å². The molecule has 2 aliphatic heterocycles. The molecule has 0 aromatic heterocycles. The Balaban J connectivity index is 1.42. The van der Waals surface area contributed by atoms with Gasteiger partial charge in [-0.15, -0.1) is 0 Å². The monoisotopic (exact) mass is 256 g/mol. The number of rotatable bonds is 6. The van der Waals surface area contributed by atoms with Crippen LogP contribution in [-0.2, 0) is 0 Å². The molecule has 0 aliphatic carbocycles. The van der Waals surface area contributed by atoms with E-state index in [0.29, 0.717) is 0 Å². The Hall–Kier alpha value is 0.270. The second kappa shape index (κ2) is 8.39. The highest BCUT2D eigenvalue weighted by Gasteiger charge is 2.14. The average Bonchev–Trinajstić information content (AvgIpc) is 2.41. The van der Waals surface area contributed by atoms with Crippen molar-refractivity contribution in [3.63, 3.8) is 0 Å². The molecule has 0 bridgehead atoms. The summed E-state index contributed by atoms with van der Waals surface area (Å²) in [5, 5.41) is 6.89. The third-order valence-electron chi connectivity index (χ3n) is 4.26. The predicted molar refractivity (Wildman–Crippen MR) is 77.7 cm³/mol. The fourth-order valence-corrected chi connectivity index (χ4v) is 4.15. The summed E-state index contributed by atoms with van der Waals surface area (Å²) in [5.41, 5.74) is 0. The Kier molecular flexibility index (Phi) is 6.76. The molecule has 2 fully saturated rings. The molecule has 0 unspecified atom stereocenters. The molecule has 0 aromatic carbocycles. The molecule has 2 heterocycles. The Bertz CT molecular complexity index is 167. The van der Waals surface area contributed by atoms with Crippen molar-refractivity contribution in [3.05, 3.63) is 0 Å². The molecule has 0 radical (unpaired) electrons. The van der Waals surface area contributed by atoms with Crippen molar-refractivity contribution in [3.8, 4) is 0 Å². The zero-order valence-corrected chi connectivity index (χ0v) is 11.9. The van der Waals surface area contributed by atoms with Crippen LogP contribution in [0.3, 0.4) is 0 Å². The molecule has 0 saturated carbocycles. The molecule has 17 heavy (non-hydrogen) atoms. The van der Waals surface area contributed by atoms with Gasteiger partial charge in [-0.05, 0) is 88.0 Å². The van der Waals surface area contributed by atoms with Gasteiger partial charge in [0.2, 0.25) is 0 Å². The third-order valence-corrected chi connectivity index (χ3v) is 5.31. The Labute approximate surface area is 111 Å². The van der Waals surface area contributed by atoms with E-state index in [-0.39, 0.29) is 0 Å². The summed E-state index contributed by atoms with van der Waals surface area (Å²) in [6.07, 6.45) is 8.56. The quantitative estimate of drug-likeness (QED) is 0.714. The molecular formula is C14H28N2S. The highest BCUT2D eigenvalue weighted by atomic mass is 32.2. The Morgan fingerprint density at radius 3 is 1.53 bits per heavy atom. The molecule has 100 valence electrons. The van der Waals surface area contributed by atoms with E-state index < -0.39 is 0 Å². The zero-order chi connectivity index (χ0) is 11.8. The summed E-state index contributed by atoms with van der Waals surface area (Å²) < 4.78 is 0. The summed E-state index contributed by atoms with van der Waals surface area (Å²) >= 11 is 2.20. The van der Waals surface area contributed by atoms with Crippen LogP contribution in [0, 0.1) is 11.8 Å². The van der Waals surface area contributed by atoms with E-state index in [1.54, 1.807) is 0 Å². The zero-order valence-electron chi connectivity index (χ0n) is 11.0. The van der Waals surface area contributed by atoms with Crippen LogP contribution in [0.1, 0.15) is 38.5 Å². The average molecular weight is 256 g/mol. The van der Waals surface area contributed by atoms with Crippen LogP contribution in [0.2, 0.25) is 0 Å². The standard InChI is InChI=1S/C14H28N2S/c1-7-15-8-2-13(1)5-11-17-12-6-14-3-9-16-10-4-14/h13-16H,1-12H2. The van der Waals surface area contributed by atoms with E-state index in [0.717, 1.165) is 11.8 Å². The molecule has 0 atom stereocenters. The first-order chi connectivity index (χ1) is 8.45. The number of nitrogens with one attached hydrogen (secondary N) is 2. The van der Waals surface area contributed by atoms with Crippen LogP contribution in [0.15, 0.2) is 0 Å². The highest BCUT2D eigenvalue weighted by Crippen LogP contribution is 2.22. The van der Waals surface area contributed by atoms with Gasteiger partial charge < -0.3 is 10.6 Å². The Morgan fingerprint density at radius 2 is 1.12 bits per heavy atom. The molecule has 2 saturated heterocycles. The minimum absolute atomic E-state index is 1.02. The number of hydrogen-bond acceptors (Lipinski definition) is 3. The van der Waals surface area contributed by atoms with Gasteiger partial charge in [-0.3, -0.25) is 0 Å². The largest absolute Gasteiger partial charge is 0.317 e. The topological polar surface area (TPSA) is 24.1 Å². The van der Waals surface area contributed by atoms with Gasteiger partial charge in [-0.25, -0.2) is 0 Å². The first kappa shape index (κ1) is 13.7. The van der Waals surface area contributed by atoms with Gasteiger partial charge in [0, 0.05) is 0 Å². The van der Waals surface area contributed by atoms with Crippen molar-refractivity contribution in [2.45, 2.75) is 38.5 Å². The first-order valence-electron chi connectivity index (χ1n) is 7.44. The van der Waals surface area contributed by atoms with E-state index in [4.69, 9.17) is 0 Å². The van der Waals surface area contributed by atoms with Gasteiger partial charge in [0.25, 0.3) is 0 Å². The van der Waals surface area contributed by atoms with Gasteiger partial charge >= 0.3 is 0 Å². The molecule has 2 N–H and O–H groups in total. The fraction of sp³-hybridized carbons (Fsp3) is 1.00. The summed E-state index contributed by atoms with van der Waals surface area (Å²) in [4.78, 5) is 0. The summed E-state index contributed by atoms with van der Waals surface area (Å²) in [6.45, 7) is 5.02. The molecule has 0 spiro atoms. The van der Waals surface area contributed by atoms with Gasteiger partial charge in [0.15, 0.2) is 0 Å². The Morgan fingerprint density at radius 1 is 0.706 bits per heavy atom. The smallest absolute Gasteiger partial charge is 0.00463 e. The van der Waals surface area contributed by atoms with Crippen LogP contribution >= 0.6 is 11.8 Å². The second-order valence-corrected chi connectivity index (χ2v) is 6.80. The lowest BCUT2D eigenvalue weighted by Gasteiger charge is -2.23. The van der Waals surface area contributed by atoms with E-state index in [9.17, 15) is 0 Å². The SMILES string of the molecule is C1CC(CCSCCC2CCNCC2)CCN1. The van der Waals surface area contributed by atoms with Crippen molar-refractivity contribution in [2.75, 3.05) is 37.7 Å². The minimum atomic E-state index is 1.02. The molecule has 2 nitrogen and oxygen atoms in total. The van der Waals surface area contributed by atoms with Crippen LogP contribution in [0.5, 0.6) is 0 Å². The van der Waals surface area contributed by atoms with Crippen molar-refractivity contribution in [1.29, 1.82) is 0 Å². The van der Waals surface area contributed by atoms with Crippen molar-refractivity contribution in [2.24, 2.45) is 11.8 Å². The lowest BCUT2D eigenvalue weighted by molar-refractivity contribution is 0.365. The van der Waals surface area contributed by atoms with Crippen LogP contribution in [0.25, 0.3) is 0 Å². The summed E-state index contributed by atoms with van der Waals surface area (Å²) in [7, 11) is 0. The van der Waals surface area contributed by atoms with Gasteiger partial charge in [0.1, 0.15) is 0 Å². The molecular weight excluding hydrogens is 228 g/mol. The molecule has 2 rings (SSSR count). The number of thioether (sulfide) groups is 1. The van der Waals surface area contributed by atoms with Crippen molar-refractivity contribution >= 4 is 11.8 Å². The maximum atomic E-state index is 3.45. The highest BCUT2D eigenvalue weighted by molar-refractivity contribution is 7.99. The first-order valence-corrected chi connectivity index (χ1v) is 8.60. The van der Waals surface area contributed by atoms with Gasteiger partial charge in [-0.2, -0.15) is 11.8 Å². The second-order valence-electron chi connectivity index (χ2n) is 5.58. The molecule has 2 aliphatic rings. The van der Waals surface area contributed by atoms with Gasteiger partial charge in [0.05, 0.1) is 0 Å². The maximum Gasteiger partial charge on any atom is -0.00463 e. The summed E-state index contributed by atoms with van der Waals surface area (Å²) in [5.74, 6) is 4.83. The van der Waals surface area contributed by atoms with E-state index in [1.807, 2.05) is 0 Å². The number of piperidine rings is 2. The molecule has 0 aromatic rings. The van der Waals surface area contributed by atoms with Crippen molar-refractivity contribution in [1.82, 2.24) is 10.6 Å². The van der Waals surface area contributed by atoms with E-state index in [2.05, 4.69) is 22.4 Å². The van der Waals surface area contributed by atoms with Crippen LogP contribution < -0.4 is 10.6 Å². The lowest BCUT2D eigenvalue weighted by Crippen LogP contribution is -2.28. The van der Waals surface area contributed by atoms with Gasteiger partial charge in [-0.1, -0.05) is 0 Å². The maximum absolute atomic E-state index is 3.45. The number of hydrogen-bond donors (Lipinski definition) is 2. The lowest BCUT2D eigenvalue weighted by atomic mass is 9.96. The normalized spacial score (nSPS) is 24.0. The summed E-state index contributed by atoms with van der Waals surface area (Å²) in [6, 6.07) is 0. The molecule has 3 heteroatoms. The van der Waals surface area contributed by atoms with E-state index >= 15 is 0 Å². The predicted octanol–water partition coefficient (Wildman–Crippen LogP) is 2.50. The fourth-order valence-electron chi connectivity index (χ4n) is 2.94. The van der Waals surface area contributed by atoms with Crippen LogP contribution in [0.4, 0.5) is 0 Å². The minimum Gasteiger partial charge on any atom is -0.317 e. The van der Waals surface area contributed by atoms with E-state index in [1.165, 1.54) is 76.2 Å². The third kappa shape index (κ3) is 5.62. The van der Waals surface area contributed by atoms with Crippen LogP contribution in [-0.4, -0.2) is 37.7 Å². The molecule has 0 amide bonds.